The van der Waals surface area contributed by atoms with Crippen molar-refractivity contribution in [1.29, 1.82) is 0 Å². The van der Waals surface area contributed by atoms with Crippen LogP contribution in [0.2, 0.25) is 0 Å². The molecule has 0 spiro atoms. The molecule has 0 unspecified atom stereocenters. The van der Waals surface area contributed by atoms with Crippen LogP contribution in [0.1, 0.15) is 21.7 Å². The maximum atomic E-state index is 12.7. The number of nitrogens with one attached hydrogen (secondary N) is 1. The van der Waals surface area contributed by atoms with Gasteiger partial charge in [-0.05, 0) is 31.5 Å². The zero-order valence-electron chi connectivity index (χ0n) is 14.4. The molecule has 1 fully saturated rings. The fourth-order valence-corrected chi connectivity index (χ4v) is 3.39. The molecule has 3 heterocycles. The number of benzene rings is 1. The van der Waals surface area contributed by atoms with E-state index in [1.165, 1.54) is 6.39 Å². The second kappa shape index (κ2) is 6.76. The van der Waals surface area contributed by atoms with Crippen molar-refractivity contribution in [3.63, 3.8) is 0 Å². The summed E-state index contributed by atoms with van der Waals surface area (Å²) in [6.45, 7) is 2.81. The van der Waals surface area contributed by atoms with E-state index in [4.69, 9.17) is 4.42 Å². The van der Waals surface area contributed by atoms with Gasteiger partial charge >= 0.3 is 0 Å². The van der Waals surface area contributed by atoms with Gasteiger partial charge in [0.05, 0.1) is 18.0 Å². The lowest BCUT2D eigenvalue weighted by Crippen LogP contribution is -2.29. The molecule has 0 aliphatic carbocycles. The minimum Gasteiger partial charge on any atom is -0.444 e. The van der Waals surface area contributed by atoms with E-state index in [0.29, 0.717) is 30.8 Å². The first-order valence-electron chi connectivity index (χ1n) is 8.57. The molecule has 4 rings (SSSR count). The number of nitrogens with zero attached hydrogens (tertiary/aromatic N) is 3. The van der Waals surface area contributed by atoms with Crippen molar-refractivity contribution in [2.45, 2.75) is 19.4 Å². The van der Waals surface area contributed by atoms with E-state index < -0.39 is 6.10 Å². The Morgan fingerprint density at radius 1 is 1.35 bits per heavy atom. The highest BCUT2D eigenvalue weighted by molar-refractivity contribution is 5.94. The number of likely N-dealkylation sites (tertiary alicyclic amines) is 1. The van der Waals surface area contributed by atoms with Crippen molar-refractivity contribution >= 4 is 5.91 Å². The molecule has 1 aromatic carbocycles. The third-order valence-electron chi connectivity index (χ3n) is 4.77. The summed E-state index contributed by atoms with van der Waals surface area (Å²) in [5.41, 5.74) is 3.37. The van der Waals surface area contributed by atoms with E-state index in [9.17, 15) is 9.90 Å². The number of aromatic nitrogens is 3. The van der Waals surface area contributed by atoms with Crippen molar-refractivity contribution in [2.75, 3.05) is 13.1 Å². The molecular formula is C19H20N4O3. The highest BCUT2D eigenvalue weighted by atomic mass is 16.3. The number of β-amino-alcohol motifs (C(OH)–C–C–N with tert-alkyl or cyclic N) is 1. The zero-order valence-corrected chi connectivity index (χ0v) is 14.4. The molecule has 134 valence electrons. The quantitative estimate of drug-likeness (QED) is 0.749. The lowest BCUT2D eigenvalue weighted by atomic mass is 10.00. The second-order valence-electron chi connectivity index (χ2n) is 6.73. The molecule has 0 radical (unpaired) electrons. The number of hydrogen-bond donors (Lipinski definition) is 2. The van der Waals surface area contributed by atoms with Crippen LogP contribution < -0.4 is 0 Å². The van der Waals surface area contributed by atoms with E-state index in [1.54, 1.807) is 23.2 Å². The van der Waals surface area contributed by atoms with Crippen LogP contribution in [-0.4, -0.2) is 50.3 Å². The minimum atomic E-state index is -0.538. The third-order valence-corrected chi connectivity index (χ3v) is 4.77. The van der Waals surface area contributed by atoms with Gasteiger partial charge in [0.25, 0.3) is 5.91 Å². The van der Waals surface area contributed by atoms with E-state index in [0.717, 1.165) is 17.0 Å². The standard InChI is InChI=1S/C19H20N4O3/c1-12-6-16(22-21-12)7-15-9-23(10-17(15)24)19(25)14-4-2-13(3-5-14)18-8-20-11-26-18/h2-6,8,11,15,17,24H,7,9-10H2,1H3,(H,21,22)/t15-,17+/m1/s1. The maximum absolute atomic E-state index is 12.7. The molecule has 1 amide bonds. The maximum Gasteiger partial charge on any atom is 0.253 e. The van der Waals surface area contributed by atoms with E-state index in [-0.39, 0.29) is 11.8 Å². The average Bonchev–Trinajstić information content (AvgIpc) is 3.38. The first-order chi connectivity index (χ1) is 12.6. The Labute approximate surface area is 150 Å². The third kappa shape index (κ3) is 3.25. The van der Waals surface area contributed by atoms with E-state index >= 15 is 0 Å². The Bertz CT molecular complexity index is 886. The molecule has 2 aromatic heterocycles. The first-order valence-corrected chi connectivity index (χ1v) is 8.57. The lowest BCUT2D eigenvalue weighted by Gasteiger charge is -2.16. The highest BCUT2D eigenvalue weighted by Gasteiger charge is 2.34. The van der Waals surface area contributed by atoms with Crippen LogP contribution in [0.5, 0.6) is 0 Å². The molecule has 0 saturated carbocycles. The van der Waals surface area contributed by atoms with Gasteiger partial charge in [0.1, 0.15) is 0 Å². The molecule has 1 saturated heterocycles. The van der Waals surface area contributed by atoms with E-state index in [2.05, 4.69) is 15.2 Å². The zero-order chi connectivity index (χ0) is 18.1. The van der Waals surface area contributed by atoms with Crippen LogP contribution in [0.3, 0.4) is 0 Å². The number of aromatic amines is 1. The van der Waals surface area contributed by atoms with E-state index in [1.807, 2.05) is 25.1 Å². The fraction of sp³-hybridized carbons (Fsp3) is 0.316. The van der Waals surface area contributed by atoms with Crippen LogP contribution in [0.25, 0.3) is 11.3 Å². The normalized spacial score (nSPS) is 19.8. The van der Waals surface area contributed by atoms with Gasteiger partial charge in [-0.2, -0.15) is 5.10 Å². The Balaban J connectivity index is 1.43. The second-order valence-corrected chi connectivity index (χ2v) is 6.73. The number of hydrogen-bond acceptors (Lipinski definition) is 5. The minimum absolute atomic E-state index is 0.00452. The number of aryl methyl sites for hydroxylation is 1. The summed E-state index contributed by atoms with van der Waals surface area (Å²) in [6, 6.07) is 9.20. The molecule has 1 aliphatic rings. The molecule has 1 aliphatic heterocycles. The predicted molar refractivity (Wildman–Crippen MR) is 94.4 cm³/mol. The van der Waals surface area contributed by atoms with Gasteiger partial charge in [-0.15, -0.1) is 0 Å². The van der Waals surface area contributed by atoms with Crippen molar-refractivity contribution in [3.05, 3.63) is 59.9 Å². The first kappa shape index (κ1) is 16.5. The van der Waals surface area contributed by atoms with Gasteiger partial charge in [0.15, 0.2) is 12.2 Å². The Hall–Kier alpha value is -2.93. The summed E-state index contributed by atoms with van der Waals surface area (Å²) in [4.78, 5) is 18.4. The number of aliphatic hydroxyl groups excluding tert-OH is 1. The van der Waals surface area contributed by atoms with Crippen molar-refractivity contribution < 1.29 is 14.3 Å². The average molecular weight is 352 g/mol. The van der Waals surface area contributed by atoms with Gasteiger partial charge in [-0.1, -0.05) is 12.1 Å². The number of carbonyl (C=O) groups is 1. The van der Waals surface area contributed by atoms with Gasteiger partial charge < -0.3 is 14.4 Å². The van der Waals surface area contributed by atoms with Crippen molar-refractivity contribution in [1.82, 2.24) is 20.1 Å². The van der Waals surface area contributed by atoms with Gasteiger partial charge in [0, 0.05) is 35.8 Å². The summed E-state index contributed by atoms with van der Waals surface area (Å²) in [7, 11) is 0. The number of oxazole rings is 1. The Kier molecular flexibility index (Phi) is 4.30. The van der Waals surface area contributed by atoms with Crippen molar-refractivity contribution in [3.8, 4) is 11.3 Å². The van der Waals surface area contributed by atoms with Crippen LogP contribution in [-0.2, 0) is 6.42 Å². The summed E-state index contributed by atoms with van der Waals surface area (Å²) < 4.78 is 5.26. The Morgan fingerprint density at radius 3 is 2.81 bits per heavy atom. The van der Waals surface area contributed by atoms with Crippen LogP contribution >= 0.6 is 0 Å². The molecule has 3 aromatic rings. The number of aliphatic hydroxyl groups is 1. The lowest BCUT2D eigenvalue weighted by molar-refractivity contribution is 0.0764. The van der Waals surface area contributed by atoms with Gasteiger partial charge in [0.2, 0.25) is 0 Å². The Morgan fingerprint density at radius 2 is 2.15 bits per heavy atom. The SMILES string of the molecule is Cc1cc(C[C@@H]2CN(C(=O)c3ccc(-c4cnco4)cc3)C[C@@H]2O)n[nH]1. The highest BCUT2D eigenvalue weighted by Crippen LogP contribution is 2.24. The summed E-state index contributed by atoms with van der Waals surface area (Å²) in [6.07, 6.45) is 3.12. The molecule has 0 bridgehead atoms. The fourth-order valence-electron chi connectivity index (χ4n) is 3.39. The van der Waals surface area contributed by atoms with Gasteiger partial charge in [-0.25, -0.2) is 4.98 Å². The van der Waals surface area contributed by atoms with Crippen LogP contribution in [0.4, 0.5) is 0 Å². The van der Waals surface area contributed by atoms with Gasteiger partial charge in [-0.3, -0.25) is 9.89 Å². The van der Waals surface area contributed by atoms with Crippen LogP contribution in [0.15, 0.2) is 47.3 Å². The molecule has 7 nitrogen and oxygen atoms in total. The summed E-state index contributed by atoms with van der Waals surface area (Å²) in [5.74, 6) is 0.582. The molecule has 7 heteroatoms. The van der Waals surface area contributed by atoms with Crippen molar-refractivity contribution in [2.24, 2.45) is 5.92 Å². The summed E-state index contributed by atoms with van der Waals surface area (Å²) >= 11 is 0. The molecule has 26 heavy (non-hydrogen) atoms. The molecular weight excluding hydrogens is 332 g/mol. The molecule has 2 N–H and O–H groups in total. The number of carbonyl (C=O) groups excluding carboxylic acids is 1. The monoisotopic (exact) mass is 352 g/mol. The smallest absolute Gasteiger partial charge is 0.253 e. The van der Waals surface area contributed by atoms with Crippen LogP contribution in [0, 0.1) is 12.8 Å². The molecule has 2 atom stereocenters. The number of rotatable bonds is 4. The number of amides is 1. The largest absolute Gasteiger partial charge is 0.444 e. The number of H-pyrrole nitrogens is 1. The predicted octanol–water partition coefficient (Wildman–Crippen LogP) is 2.05. The summed E-state index contributed by atoms with van der Waals surface area (Å²) in [5, 5.41) is 17.5. The topological polar surface area (TPSA) is 95.2 Å².